The Bertz CT molecular complexity index is 224. The van der Waals surface area contributed by atoms with Gasteiger partial charge in [0, 0.05) is 0 Å². The first-order valence-corrected chi connectivity index (χ1v) is 4.19. The van der Waals surface area contributed by atoms with Crippen LogP contribution in [0.25, 0.3) is 0 Å². The van der Waals surface area contributed by atoms with Gasteiger partial charge in [-0.1, -0.05) is 0 Å². The fraction of sp³-hybridized carbons (Fsp3) is 0. The van der Waals surface area contributed by atoms with E-state index in [9.17, 15) is 0 Å². The van der Waals surface area contributed by atoms with Crippen LogP contribution in [-0.2, 0) is 20.8 Å². The molecule has 0 aromatic carbocycles. The summed E-state index contributed by atoms with van der Waals surface area (Å²) in [5.74, 6) is 0. The van der Waals surface area contributed by atoms with Crippen molar-refractivity contribution in [2.45, 2.75) is 0 Å². The Labute approximate surface area is 107 Å². The molecule has 0 unspecified atom stereocenters. The minimum atomic E-state index is -4.67. The predicted octanol–water partition coefficient (Wildman–Crippen LogP) is -1.62. The van der Waals surface area contributed by atoms with Gasteiger partial charge in [-0.15, -0.1) is 0 Å². The van der Waals surface area contributed by atoms with Crippen molar-refractivity contribution in [2.24, 2.45) is 0 Å². The van der Waals surface area contributed by atoms with Crippen LogP contribution in [0.15, 0.2) is 0 Å². The van der Waals surface area contributed by atoms with Crippen molar-refractivity contribution in [2.75, 3.05) is 0 Å². The monoisotopic (exact) mass is 248 g/mol. The smallest absolute Gasteiger partial charge is 1.00 e. The van der Waals surface area contributed by atoms with Gasteiger partial charge in [0.2, 0.25) is 0 Å². The summed E-state index contributed by atoms with van der Waals surface area (Å²) in [4.78, 5) is 0. The molecule has 0 aliphatic rings. The maximum atomic E-state index is 8.74. The summed E-state index contributed by atoms with van der Waals surface area (Å²) < 4.78 is 63.2. The fourth-order valence-electron chi connectivity index (χ4n) is 0. The molecule has 0 bridgehead atoms. The molecule has 4 N–H and O–H groups in total. The van der Waals surface area contributed by atoms with Crippen molar-refractivity contribution in [3.05, 3.63) is 0 Å². The number of rotatable bonds is 0. The van der Waals surface area contributed by atoms with E-state index in [0.717, 1.165) is 0 Å². The molecule has 8 nitrogen and oxygen atoms in total. The summed E-state index contributed by atoms with van der Waals surface area (Å²) in [6.07, 6.45) is 0. The van der Waals surface area contributed by atoms with Gasteiger partial charge in [-0.2, -0.15) is 16.8 Å². The van der Waals surface area contributed by atoms with Crippen molar-refractivity contribution in [1.82, 2.24) is 0 Å². The van der Waals surface area contributed by atoms with Gasteiger partial charge in [0.1, 0.15) is 0 Å². The zero-order valence-electron chi connectivity index (χ0n) is 9.65. The van der Waals surface area contributed by atoms with E-state index in [1.807, 2.05) is 0 Å². The Morgan fingerprint density at radius 2 is 0.667 bits per heavy atom. The third kappa shape index (κ3) is 735. The van der Waals surface area contributed by atoms with Crippen molar-refractivity contribution < 1.29 is 40.8 Å². The zero-order valence-corrected chi connectivity index (χ0v) is 10.1. The Morgan fingerprint density at radius 1 is 0.667 bits per heavy atom. The molecule has 0 spiro atoms. The molecule has 0 rings (SSSR count). The average Bonchev–Trinajstić information content (AvgIpc) is 1.12. The van der Waals surface area contributed by atoms with E-state index < -0.39 is 20.8 Å². The summed E-state index contributed by atoms with van der Waals surface area (Å²) >= 11 is 0. The Morgan fingerprint density at radius 3 is 0.667 bits per heavy atom. The maximum Gasteiger partial charge on any atom is 2.00 e. The second kappa shape index (κ2) is 8.85. The zero-order chi connectivity index (χ0) is 9.00. The second-order valence-electron chi connectivity index (χ2n) is 0.896. The van der Waals surface area contributed by atoms with Gasteiger partial charge in [-0.3, -0.25) is 18.2 Å². The van der Waals surface area contributed by atoms with Crippen molar-refractivity contribution >= 4 is 66.9 Å². The molecular formula is H8Mg2O8S2. The summed E-state index contributed by atoms with van der Waals surface area (Å²) in [5.41, 5.74) is 0. The minimum Gasteiger partial charge on any atom is -1.00 e. The Balaban J connectivity index is -0.00000000970. The van der Waals surface area contributed by atoms with Gasteiger partial charge in [-0.05, 0) is 0 Å². The van der Waals surface area contributed by atoms with E-state index in [0.29, 0.717) is 0 Å². The van der Waals surface area contributed by atoms with E-state index in [1.54, 1.807) is 0 Å². The summed E-state index contributed by atoms with van der Waals surface area (Å²) in [6.45, 7) is 0. The van der Waals surface area contributed by atoms with Crippen LogP contribution in [0.2, 0.25) is 0 Å². The largest absolute Gasteiger partial charge is 2.00 e. The first-order valence-electron chi connectivity index (χ1n) is 1.40. The molecule has 0 aromatic heterocycles. The van der Waals surface area contributed by atoms with Gasteiger partial charge in [0.15, 0.2) is 0 Å². The van der Waals surface area contributed by atoms with Gasteiger partial charge in [0.05, 0.1) is 0 Å². The Hall–Kier alpha value is 1.27. The van der Waals surface area contributed by atoms with Crippen molar-refractivity contribution in [3.63, 3.8) is 0 Å². The molecule has 0 amide bonds. The van der Waals surface area contributed by atoms with E-state index in [-0.39, 0.29) is 51.8 Å². The minimum absolute atomic E-state index is 0. The third-order valence-corrected chi connectivity index (χ3v) is 0. The summed E-state index contributed by atoms with van der Waals surface area (Å²) in [7, 11) is -9.33. The van der Waals surface area contributed by atoms with Crippen molar-refractivity contribution in [3.8, 4) is 0 Å². The average molecular weight is 249 g/mol. The van der Waals surface area contributed by atoms with Crippen molar-refractivity contribution in [1.29, 1.82) is 0 Å². The molecule has 0 aliphatic heterocycles. The first kappa shape index (κ1) is 23.3. The molecule has 0 radical (unpaired) electrons. The molecule has 0 heterocycles. The molecule has 12 heteroatoms. The molecule has 0 saturated heterocycles. The summed E-state index contributed by atoms with van der Waals surface area (Å²) in [6, 6.07) is 0. The van der Waals surface area contributed by atoms with Crippen LogP contribution in [0.1, 0.15) is 5.71 Å². The van der Waals surface area contributed by atoms with E-state index in [4.69, 9.17) is 35.0 Å². The molecule has 0 aliphatic carbocycles. The van der Waals surface area contributed by atoms with E-state index >= 15 is 0 Å². The van der Waals surface area contributed by atoms with Gasteiger partial charge in [-0.25, -0.2) is 0 Å². The van der Waals surface area contributed by atoms with Crippen LogP contribution >= 0.6 is 0 Å². The quantitative estimate of drug-likeness (QED) is 0.295. The van der Waals surface area contributed by atoms with Gasteiger partial charge in [0.25, 0.3) is 0 Å². The molecular weight excluding hydrogens is 241 g/mol. The van der Waals surface area contributed by atoms with E-state index in [1.165, 1.54) is 0 Å². The molecule has 0 aromatic rings. The number of hydrogen-bond acceptors (Lipinski definition) is 4. The van der Waals surface area contributed by atoms with Crippen LogP contribution in [0.4, 0.5) is 0 Å². The molecule has 0 saturated carbocycles. The van der Waals surface area contributed by atoms with Crippen LogP contribution in [0.3, 0.4) is 0 Å². The van der Waals surface area contributed by atoms with Gasteiger partial charge < -0.3 is 5.71 Å². The van der Waals surface area contributed by atoms with Crippen LogP contribution in [0.5, 0.6) is 0 Å². The second-order valence-corrected chi connectivity index (χ2v) is 2.69. The fourth-order valence-corrected chi connectivity index (χ4v) is 0. The molecule has 0 atom stereocenters. The summed E-state index contributed by atoms with van der Waals surface area (Å²) in [5, 5.41) is 0. The molecule has 0 fully saturated rings. The topological polar surface area (TPSA) is 149 Å². The van der Waals surface area contributed by atoms with E-state index in [2.05, 4.69) is 0 Å². The predicted molar refractivity (Wildman–Crippen MR) is 44.3 cm³/mol. The van der Waals surface area contributed by atoms with Gasteiger partial charge >= 0.3 is 66.9 Å². The SMILES string of the molecule is O=S(=O)(O)O.O=S(=O)(O)O.[H-].[H-].[H-].[H-].[Mg+2].[Mg+2]. The van der Waals surface area contributed by atoms with Crippen LogP contribution in [-0.4, -0.2) is 81.2 Å². The molecule has 12 heavy (non-hydrogen) atoms. The maximum absolute atomic E-state index is 8.74. The molecule has 72 valence electrons. The van der Waals surface area contributed by atoms with Crippen LogP contribution < -0.4 is 0 Å². The first-order chi connectivity index (χ1) is 4.00. The third-order valence-electron chi connectivity index (χ3n) is 0. The van der Waals surface area contributed by atoms with Crippen LogP contribution in [0, 0.1) is 0 Å². The normalized spacial score (nSPS) is 9.67. The number of hydrogen-bond donors (Lipinski definition) is 4. The Kier molecular flexibility index (Phi) is 17.2. The standard InChI is InChI=1S/2Mg.2H2O4S.4H/c;;2*1-5(2,3)4;;;;/h;;2*(H2,1,2,3,4);;;;/q2*+2;;;4*-1.